The zero-order chi connectivity index (χ0) is 16.2. The predicted molar refractivity (Wildman–Crippen MR) is 92.7 cm³/mol. The topological polar surface area (TPSA) is 47.5 Å². The zero-order valence-corrected chi connectivity index (χ0v) is 14.6. The summed E-state index contributed by atoms with van der Waals surface area (Å²) in [4.78, 5) is 11.2. The van der Waals surface area contributed by atoms with Gasteiger partial charge in [-0.1, -0.05) is 6.07 Å². The molecule has 2 aromatic heterocycles. The Labute approximate surface area is 146 Å². The second-order valence-corrected chi connectivity index (χ2v) is 7.67. The average molecular weight is 345 g/mol. The zero-order valence-electron chi connectivity index (χ0n) is 13.8. The number of hydrogen-bond donors (Lipinski definition) is 0. The van der Waals surface area contributed by atoms with Crippen LogP contribution in [-0.2, 0) is 22.6 Å². The van der Waals surface area contributed by atoms with Gasteiger partial charge in [-0.2, -0.15) is 0 Å². The molecule has 2 atom stereocenters. The number of hydrogen-bond acceptors (Lipinski definition) is 6. The van der Waals surface area contributed by atoms with Gasteiger partial charge in [0.25, 0.3) is 0 Å². The molecule has 0 aromatic carbocycles. The van der Waals surface area contributed by atoms with E-state index in [-0.39, 0.29) is 11.7 Å². The molecule has 0 radical (unpaired) electrons. The van der Waals surface area contributed by atoms with E-state index in [1.54, 1.807) is 11.3 Å². The molecule has 0 amide bonds. The fraction of sp³-hybridized carbons (Fsp3) is 0.556. The van der Waals surface area contributed by atoms with Crippen molar-refractivity contribution in [2.45, 2.75) is 44.1 Å². The van der Waals surface area contributed by atoms with E-state index >= 15 is 0 Å². The van der Waals surface area contributed by atoms with Crippen molar-refractivity contribution in [3.8, 4) is 0 Å². The molecule has 2 saturated heterocycles. The number of rotatable bonds is 5. The summed E-state index contributed by atoms with van der Waals surface area (Å²) in [5.74, 6) is 0. The van der Waals surface area contributed by atoms with Gasteiger partial charge in [-0.05, 0) is 31.5 Å². The highest BCUT2D eigenvalue weighted by atomic mass is 32.1. The van der Waals surface area contributed by atoms with Crippen LogP contribution in [0.5, 0.6) is 0 Å². The maximum atomic E-state index is 6.23. The van der Waals surface area contributed by atoms with Crippen LogP contribution in [0.3, 0.4) is 0 Å². The predicted octanol–water partition coefficient (Wildman–Crippen LogP) is 2.88. The summed E-state index contributed by atoms with van der Waals surface area (Å²) in [6.45, 7) is 4.30. The second kappa shape index (κ2) is 7.27. The van der Waals surface area contributed by atoms with Crippen molar-refractivity contribution >= 4 is 11.3 Å². The fourth-order valence-electron chi connectivity index (χ4n) is 3.73. The number of likely N-dealkylation sites (tertiary alicyclic amines) is 1. The largest absolute Gasteiger partial charge is 0.371 e. The molecule has 2 fully saturated rings. The van der Waals surface area contributed by atoms with Gasteiger partial charge in [0.05, 0.1) is 37.2 Å². The summed E-state index contributed by atoms with van der Waals surface area (Å²) in [5, 5.41) is 3.23. The molecule has 1 spiro atoms. The molecule has 2 aliphatic rings. The lowest BCUT2D eigenvalue weighted by atomic mass is 9.89. The van der Waals surface area contributed by atoms with E-state index in [2.05, 4.69) is 14.9 Å². The molecule has 128 valence electrons. The number of pyridine rings is 1. The Morgan fingerprint density at radius 1 is 1.33 bits per heavy atom. The van der Waals surface area contributed by atoms with E-state index in [4.69, 9.17) is 9.47 Å². The molecule has 0 aliphatic carbocycles. The van der Waals surface area contributed by atoms with Crippen molar-refractivity contribution in [1.29, 1.82) is 0 Å². The summed E-state index contributed by atoms with van der Waals surface area (Å²) in [6, 6.07) is 5.92. The minimum absolute atomic E-state index is 0.0374. The van der Waals surface area contributed by atoms with Crippen LogP contribution in [0.15, 0.2) is 36.0 Å². The minimum Gasteiger partial charge on any atom is -0.371 e. The molecule has 2 aliphatic heterocycles. The third kappa shape index (κ3) is 3.83. The smallest absolute Gasteiger partial charge is 0.107 e. The van der Waals surface area contributed by atoms with E-state index in [1.807, 2.05) is 36.0 Å². The van der Waals surface area contributed by atoms with Gasteiger partial charge in [-0.25, -0.2) is 4.98 Å². The van der Waals surface area contributed by atoms with E-state index in [0.717, 1.165) is 38.2 Å². The molecule has 4 heterocycles. The van der Waals surface area contributed by atoms with E-state index in [0.29, 0.717) is 13.2 Å². The third-order valence-corrected chi connectivity index (χ3v) is 5.59. The molecule has 5 nitrogen and oxygen atoms in total. The number of aromatic nitrogens is 2. The Morgan fingerprint density at radius 2 is 2.33 bits per heavy atom. The van der Waals surface area contributed by atoms with Crippen molar-refractivity contribution in [3.05, 3.63) is 46.7 Å². The van der Waals surface area contributed by atoms with Crippen molar-refractivity contribution in [2.24, 2.45) is 0 Å². The second-order valence-electron chi connectivity index (χ2n) is 6.69. The van der Waals surface area contributed by atoms with Gasteiger partial charge in [-0.15, -0.1) is 11.3 Å². The van der Waals surface area contributed by atoms with Crippen molar-refractivity contribution < 1.29 is 9.47 Å². The molecule has 0 N–H and O–H groups in total. The standard InChI is InChI=1S/C18H23N3O2S/c1-2-6-19-15(4-1)12-22-16-10-18(23-13-16)5-3-8-21(14-18)11-17-20-7-9-24-17/h1-2,4,6-7,9,16H,3,5,8,10-14H2/t16-,18-/m1/s1. The van der Waals surface area contributed by atoms with Gasteiger partial charge >= 0.3 is 0 Å². The lowest BCUT2D eigenvalue weighted by Gasteiger charge is -2.39. The summed E-state index contributed by atoms with van der Waals surface area (Å²) >= 11 is 1.73. The number of piperidine rings is 1. The van der Waals surface area contributed by atoms with Crippen LogP contribution in [0, 0.1) is 0 Å². The van der Waals surface area contributed by atoms with Crippen LogP contribution in [0.25, 0.3) is 0 Å². The molecular weight excluding hydrogens is 322 g/mol. The SMILES string of the molecule is c1ccc(CO[C@H]2CO[C@]3(CCCN(Cc4nccs4)C3)C2)nc1. The quantitative estimate of drug-likeness (QED) is 0.834. The first-order valence-corrected chi connectivity index (χ1v) is 9.46. The van der Waals surface area contributed by atoms with Crippen LogP contribution in [-0.4, -0.2) is 46.3 Å². The van der Waals surface area contributed by atoms with Gasteiger partial charge in [0.1, 0.15) is 5.01 Å². The Hall–Kier alpha value is -1.34. The first-order chi connectivity index (χ1) is 11.8. The van der Waals surface area contributed by atoms with E-state index in [9.17, 15) is 0 Å². The highest BCUT2D eigenvalue weighted by molar-refractivity contribution is 7.09. The van der Waals surface area contributed by atoms with Gasteiger partial charge in [-0.3, -0.25) is 9.88 Å². The normalized spacial score (nSPS) is 27.8. The summed E-state index contributed by atoms with van der Waals surface area (Å²) in [6.07, 6.45) is 7.15. The summed E-state index contributed by atoms with van der Waals surface area (Å²) < 4.78 is 12.3. The monoisotopic (exact) mass is 345 g/mol. The molecule has 24 heavy (non-hydrogen) atoms. The molecule has 2 aromatic rings. The number of ether oxygens (including phenoxy) is 2. The van der Waals surface area contributed by atoms with Gasteiger partial charge in [0.15, 0.2) is 0 Å². The molecule has 0 bridgehead atoms. The fourth-order valence-corrected chi connectivity index (χ4v) is 4.39. The van der Waals surface area contributed by atoms with Crippen LogP contribution >= 0.6 is 11.3 Å². The first kappa shape index (κ1) is 16.1. The van der Waals surface area contributed by atoms with Gasteiger partial charge < -0.3 is 9.47 Å². The maximum absolute atomic E-state index is 6.23. The third-order valence-electron chi connectivity index (χ3n) is 4.83. The Morgan fingerprint density at radius 3 is 3.17 bits per heavy atom. The average Bonchev–Trinajstić information content (AvgIpc) is 3.25. The molecular formula is C18H23N3O2S. The van der Waals surface area contributed by atoms with Crippen molar-refractivity contribution in [3.63, 3.8) is 0 Å². The van der Waals surface area contributed by atoms with Crippen molar-refractivity contribution in [2.75, 3.05) is 19.7 Å². The maximum Gasteiger partial charge on any atom is 0.107 e. The molecule has 4 rings (SSSR count). The number of thiazole rings is 1. The summed E-state index contributed by atoms with van der Waals surface area (Å²) in [5.41, 5.74) is 0.942. The van der Waals surface area contributed by atoms with Crippen LogP contribution in [0.1, 0.15) is 30.0 Å². The van der Waals surface area contributed by atoms with Crippen molar-refractivity contribution in [1.82, 2.24) is 14.9 Å². The minimum atomic E-state index is -0.0374. The Kier molecular flexibility index (Phi) is 4.89. The lowest BCUT2D eigenvalue weighted by molar-refractivity contribution is -0.0548. The van der Waals surface area contributed by atoms with Gasteiger partial charge in [0.2, 0.25) is 0 Å². The highest BCUT2D eigenvalue weighted by Crippen LogP contribution is 2.36. The Balaban J connectivity index is 1.31. The molecule has 0 unspecified atom stereocenters. The van der Waals surface area contributed by atoms with Gasteiger partial charge in [0, 0.05) is 30.7 Å². The molecule has 6 heteroatoms. The molecule has 0 saturated carbocycles. The van der Waals surface area contributed by atoms with Crippen LogP contribution in [0.4, 0.5) is 0 Å². The van der Waals surface area contributed by atoms with E-state index < -0.39 is 0 Å². The first-order valence-electron chi connectivity index (χ1n) is 8.58. The lowest BCUT2D eigenvalue weighted by Crippen LogP contribution is -2.47. The Bertz CT molecular complexity index is 637. The van der Waals surface area contributed by atoms with Crippen LogP contribution in [0.2, 0.25) is 0 Å². The number of nitrogens with zero attached hydrogens (tertiary/aromatic N) is 3. The highest BCUT2D eigenvalue weighted by Gasteiger charge is 2.43. The van der Waals surface area contributed by atoms with E-state index in [1.165, 1.54) is 11.4 Å². The van der Waals surface area contributed by atoms with Crippen LogP contribution < -0.4 is 0 Å². The summed E-state index contributed by atoms with van der Waals surface area (Å²) in [7, 11) is 0.